The molecule has 1 unspecified atom stereocenters. The summed E-state index contributed by atoms with van der Waals surface area (Å²) in [5, 5.41) is 0.762. The monoisotopic (exact) mass is 343 g/mol. The van der Waals surface area contributed by atoms with Crippen molar-refractivity contribution in [1.29, 1.82) is 0 Å². The maximum absolute atomic E-state index is 12.4. The van der Waals surface area contributed by atoms with Crippen LogP contribution >= 0.6 is 22.9 Å². The number of nitrogen functional groups attached to an aromatic ring is 1. The smallest absolute Gasteiger partial charge is 0.242 e. The first-order valence-corrected chi connectivity index (χ1v) is 9.14. The van der Waals surface area contributed by atoms with Crippen LogP contribution in [0.1, 0.15) is 17.0 Å². The number of rotatable bonds is 3. The molecule has 0 fully saturated rings. The van der Waals surface area contributed by atoms with Crippen molar-refractivity contribution in [3.05, 3.63) is 39.9 Å². The van der Waals surface area contributed by atoms with Gasteiger partial charge in [0.05, 0.1) is 10.7 Å². The van der Waals surface area contributed by atoms with Gasteiger partial charge in [-0.25, -0.2) is 18.1 Å². The van der Waals surface area contributed by atoms with E-state index in [2.05, 4.69) is 9.71 Å². The van der Waals surface area contributed by atoms with Crippen LogP contribution in [0.4, 0.5) is 5.13 Å². The highest BCUT2D eigenvalue weighted by molar-refractivity contribution is 7.89. The third-order valence-electron chi connectivity index (χ3n) is 3.40. The molecule has 1 aliphatic carbocycles. The Kier molecular flexibility index (Phi) is 3.92. The molecule has 3 rings (SSSR count). The number of sulfonamides is 1. The fourth-order valence-corrected chi connectivity index (χ4v) is 5.19. The van der Waals surface area contributed by atoms with Gasteiger partial charge in [0.15, 0.2) is 5.13 Å². The lowest BCUT2D eigenvalue weighted by Crippen LogP contribution is -2.38. The van der Waals surface area contributed by atoms with Gasteiger partial charge in [0.1, 0.15) is 4.90 Å². The SMILES string of the molecule is Nc1nc2c(s1)CC(NS(=O)(=O)c1ccccc1Cl)CC2. The molecule has 0 radical (unpaired) electrons. The van der Waals surface area contributed by atoms with Gasteiger partial charge < -0.3 is 5.73 Å². The highest BCUT2D eigenvalue weighted by atomic mass is 35.5. The molecule has 1 heterocycles. The molecule has 1 atom stereocenters. The van der Waals surface area contributed by atoms with Gasteiger partial charge in [-0.2, -0.15) is 0 Å². The summed E-state index contributed by atoms with van der Waals surface area (Å²) in [4.78, 5) is 5.43. The average Bonchev–Trinajstić information content (AvgIpc) is 2.78. The number of fused-ring (bicyclic) bond motifs is 1. The van der Waals surface area contributed by atoms with Gasteiger partial charge in [-0.3, -0.25) is 0 Å². The van der Waals surface area contributed by atoms with Crippen LogP contribution in [0.25, 0.3) is 0 Å². The van der Waals surface area contributed by atoms with E-state index in [0.29, 0.717) is 18.0 Å². The maximum atomic E-state index is 12.4. The van der Waals surface area contributed by atoms with Gasteiger partial charge in [-0.05, 0) is 25.0 Å². The Morgan fingerprint density at radius 1 is 1.38 bits per heavy atom. The highest BCUT2D eigenvalue weighted by Gasteiger charge is 2.27. The van der Waals surface area contributed by atoms with Crippen LogP contribution in [-0.4, -0.2) is 19.4 Å². The Morgan fingerprint density at radius 2 is 2.14 bits per heavy atom. The number of nitrogens with one attached hydrogen (secondary N) is 1. The number of anilines is 1. The van der Waals surface area contributed by atoms with E-state index in [0.717, 1.165) is 17.0 Å². The van der Waals surface area contributed by atoms with Gasteiger partial charge in [0.2, 0.25) is 10.0 Å². The second kappa shape index (κ2) is 5.57. The van der Waals surface area contributed by atoms with Gasteiger partial charge in [0.25, 0.3) is 0 Å². The van der Waals surface area contributed by atoms with Crippen molar-refractivity contribution >= 4 is 38.1 Å². The zero-order valence-corrected chi connectivity index (χ0v) is 13.4. The fourth-order valence-electron chi connectivity index (χ4n) is 2.44. The van der Waals surface area contributed by atoms with E-state index >= 15 is 0 Å². The third kappa shape index (κ3) is 3.06. The summed E-state index contributed by atoms with van der Waals surface area (Å²) >= 11 is 7.39. The largest absolute Gasteiger partial charge is 0.375 e. The number of nitrogens with zero attached hydrogens (tertiary/aromatic N) is 1. The molecule has 8 heteroatoms. The summed E-state index contributed by atoms with van der Waals surface area (Å²) in [6.45, 7) is 0. The van der Waals surface area contributed by atoms with E-state index in [1.807, 2.05) is 0 Å². The minimum absolute atomic E-state index is 0.112. The standard InChI is InChI=1S/C13H14ClN3O2S2/c14-9-3-1-2-4-12(9)21(18,19)17-8-5-6-10-11(7-8)20-13(15)16-10/h1-4,8,17H,5-7H2,(H2,15,16). The summed E-state index contributed by atoms with van der Waals surface area (Å²) in [5.74, 6) is 0. The molecule has 5 nitrogen and oxygen atoms in total. The molecule has 1 aromatic heterocycles. The van der Waals surface area contributed by atoms with Crippen molar-refractivity contribution in [1.82, 2.24) is 9.71 Å². The summed E-state index contributed by atoms with van der Waals surface area (Å²) in [5.41, 5.74) is 6.68. The first-order chi connectivity index (χ1) is 9.95. The lowest BCUT2D eigenvalue weighted by molar-refractivity contribution is 0.508. The van der Waals surface area contributed by atoms with Crippen LogP contribution in [-0.2, 0) is 22.9 Å². The van der Waals surface area contributed by atoms with Gasteiger partial charge >= 0.3 is 0 Å². The van der Waals surface area contributed by atoms with Crippen LogP contribution in [0.3, 0.4) is 0 Å². The number of thiazole rings is 1. The molecule has 3 N–H and O–H groups in total. The van der Waals surface area contributed by atoms with Crippen LogP contribution in [0.5, 0.6) is 0 Å². The summed E-state index contributed by atoms with van der Waals surface area (Å²) < 4.78 is 27.5. The number of halogens is 1. The van der Waals surface area contributed by atoms with E-state index in [4.69, 9.17) is 17.3 Å². The molecule has 1 aromatic carbocycles. The van der Waals surface area contributed by atoms with Crippen molar-refractivity contribution in [2.24, 2.45) is 0 Å². The lowest BCUT2D eigenvalue weighted by atomic mass is 9.99. The van der Waals surface area contributed by atoms with Crippen molar-refractivity contribution in [2.45, 2.75) is 30.2 Å². The van der Waals surface area contributed by atoms with Crippen LogP contribution in [0.2, 0.25) is 5.02 Å². The normalized spacial score (nSPS) is 18.4. The van der Waals surface area contributed by atoms with E-state index in [1.54, 1.807) is 18.2 Å². The molecule has 0 amide bonds. The Balaban J connectivity index is 1.80. The molecule has 21 heavy (non-hydrogen) atoms. The second-order valence-electron chi connectivity index (χ2n) is 4.91. The van der Waals surface area contributed by atoms with E-state index < -0.39 is 10.0 Å². The maximum Gasteiger partial charge on any atom is 0.242 e. The zero-order chi connectivity index (χ0) is 15.0. The quantitative estimate of drug-likeness (QED) is 0.894. The molecule has 2 aromatic rings. The Morgan fingerprint density at radius 3 is 2.90 bits per heavy atom. The summed E-state index contributed by atoms with van der Waals surface area (Å²) in [6, 6.07) is 6.28. The van der Waals surface area contributed by atoms with E-state index in [9.17, 15) is 8.42 Å². The van der Waals surface area contributed by atoms with Crippen molar-refractivity contribution in [3.63, 3.8) is 0 Å². The van der Waals surface area contributed by atoms with Gasteiger partial charge in [-0.1, -0.05) is 23.7 Å². The average molecular weight is 344 g/mol. The zero-order valence-electron chi connectivity index (χ0n) is 11.0. The first kappa shape index (κ1) is 14.8. The number of hydrogen-bond donors (Lipinski definition) is 2. The van der Waals surface area contributed by atoms with E-state index in [-0.39, 0.29) is 16.0 Å². The molecule has 0 saturated heterocycles. The van der Waals surface area contributed by atoms with Gasteiger partial charge in [-0.15, -0.1) is 11.3 Å². The Hall–Kier alpha value is -1.15. The molecule has 0 saturated carbocycles. The number of nitrogens with two attached hydrogens (primary N) is 1. The highest BCUT2D eigenvalue weighted by Crippen LogP contribution is 2.29. The predicted octanol–water partition coefficient (Wildman–Crippen LogP) is 2.21. The molecule has 0 aliphatic heterocycles. The van der Waals surface area contributed by atoms with Crippen molar-refractivity contribution in [2.75, 3.05) is 5.73 Å². The number of benzene rings is 1. The van der Waals surface area contributed by atoms with Gasteiger partial charge in [0, 0.05) is 17.3 Å². The number of hydrogen-bond acceptors (Lipinski definition) is 5. The van der Waals surface area contributed by atoms with Crippen molar-refractivity contribution < 1.29 is 8.42 Å². The molecular formula is C13H14ClN3O2S2. The van der Waals surface area contributed by atoms with Crippen LogP contribution in [0.15, 0.2) is 29.2 Å². The summed E-state index contributed by atoms with van der Waals surface area (Å²) in [7, 11) is -3.62. The van der Waals surface area contributed by atoms with Crippen LogP contribution < -0.4 is 10.5 Å². The molecule has 1 aliphatic rings. The minimum Gasteiger partial charge on any atom is -0.375 e. The van der Waals surface area contributed by atoms with Crippen molar-refractivity contribution in [3.8, 4) is 0 Å². The predicted molar refractivity (Wildman–Crippen MR) is 84.1 cm³/mol. The molecule has 0 spiro atoms. The lowest BCUT2D eigenvalue weighted by Gasteiger charge is -2.22. The molecule has 112 valence electrons. The van der Waals surface area contributed by atoms with E-state index in [1.165, 1.54) is 17.4 Å². The second-order valence-corrected chi connectivity index (χ2v) is 8.12. The third-order valence-corrected chi connectivity index (χ3v) is 6.37. The number of aromatic nitrogens is 1. The topological polar surface area (TPSA) is 85.1 Å². The molecular weight excluding hydrogens is 330 g/mol. The van der Waals surface area contributed by atoms with Crippen LogP contribution in [0, 0.1) is 0 Å². The summed E-state index contributed by atoms with van der Waals surface area (Å²) in [6.07, 6.45) is 2.06. The first-order valence-electron chi connectivity index (χ1n) is 6.46. The Labute approximate surface area is 132 Å². The number of aryl methyl sites for hydroxylation is 1. The minimum atomic E-state index is -3.62. The Bertz CT molecular complexity index is 773. The fraction of sp³-hybridized carbons (Fsp3) is 0.308. The molecule has 0 bridgehead atoms.